The van der Waals surface area contributed by atoms with E-state index in [1.165, 1.54) is 6.07 Å². The molecule has 2 aromatic carbocycles. The molecule has 0 unspecified atom stereocenters. The van der Waals surface area contributed by atoms with E-state index in [-0.39, 0.29) is 5.56 Å². The Morgan fingerprint density at radius 2 is 2.00 bits per heavy atom. The maximum absolute atomic E-state index is 13.5. The fraction of sp³-hybridized carbons (Fsp3) is 0.0714. The highest BCUT2D eigenvalue weighted by Crippen LogP contribution is 2.21. The number of nitrogens with one attached hydrogen (secondary N) is 1. The molecule has 0 aliphatic carbocycles. The SMILES string of the molecule is Cc1cc(Br)cc(NC(=O)c2ccc([N+](=O)[O-])c(F)c2)c1. The van der Waals surface area contributed by atoms with Gasteiger partial charge in [0.2, 0.25) is 5.82 Å². The first kappa shape index (κ1) is 15.1. The fourth-order valence-electron chi connectivity index (χ4n) is 1.81. The minimum atomic E-state index is -1.04. The molecule has 0 saturated heterocycles. The lowest BCUT2D eigenvalue weighted by atomic mass is 10.1. The summed E-state index contributed by atoms with van der Waals surface area (Å²) in [7, 11) is 0. The Morgan fingerprint density at radius 3 is 2.57 bits per heavy atom. The number of hydrogen-bond acceptors (Lipinski definition) is 3. The van der Waals surface area contributed by atoms with Crippen LogP contribution in [-0.4, -0.2) is 10.8 Å². The van der Waals surface area contributed by atoms with Gasteiger partial charge in [0.05, 0.1) is 4.92 Å². The average molecular weight is 353 g/mol. The number of carbonyl (C=O) groups excluding carboxylic acids is 1. The summed E-state index contributed by atoms with van der Waals surface area (Å²) in [4.78, 5) is 21.7. The van der Waals surface area contributed by atoms with Gasteiger partial charge in [-0.3, -0.25) is 14.9 Å². The highest BCUT2D eigenvalue weighted by atomic mass is 79.9. The van der Waals surface area contributed by atoms with Crippen molar-refractivity contribution in [2.45, 2.75) is 6.92 Å². The molecule has 0 radical (unpaired) electrons. The van der Waals surface area contributed by atoms with Gasteiger partial charge in [-0.1, -0.05) is 15.9 Å². The van der Waals surface area contributed by atoms with Crippen LogP contribution in [0.1, 0.15) is 15.9 Å². The van der Waals surface area contributed by atoms with Crippen molar-refractivity contribution in [2.24, 2.45) is 0 Å². The number of amides is 1. The molecule has 0 spiro atoms. The molecule has 0 aliphatic heterocycles. The quantitative estimate of drug-likeness (QED) is 0.668. The van der Waals surface area contributed by atoms with Crippen molar-refractivity contribution in [1.29, 1.82) is 0 Å². The van der Waals surface area contributed by atoms with Crippen LogP contribution in [0.5, 0.6) is 0 Å². The zero-order valence-electron chi connectivity index (χ0n) is 10.9. The van der Waals surface area contributed by atoms with Crippen molar-refractivity contribution in [3.63, 3.8) is 0 Å². The number of nitro benzene ring substituents is 1. The maximum Gasteiger partial charge on any atom is 0.304 e. The summed E-state index contributed by atoms with van der Waals surface area (Å²) >= 11 is 3.31. The summed E-state index contributed by atoms with van der Waals surface area (Å²) in [6.07, 6.45) is 0. The third kappa shape index (κ3) is 3.63. The maximum atomic E-state index is 13.5. The zero-order chi connectivity index (χ0) is 15.6. The van der Waals surface area contributed by atoms with Crippen LogP contribution in [0.3, 0.4) is 0 Å². The van der Waals surface area contributed by atoms with Gasteiger partial charge >= 0.3 is 5.69 Å². The van der Waals surface area contributed by atoms with Gasteiger partial charge in [0.15, 0.2) is 0 Å². The number of hydrogen-bond donors (Lipinski definition) is 1. The van der Waals surface area contributed by atoms with E-state index in [1.807, 2.05) is 13.0 Å². The van der Waals surface area contributed by atoms with Crippen LogP contribution in [0.4, 0.5) is 15.8 Å². The van der Waals surface area contributed by atoms with Gasteiger partial charge in [-0.2, -0.15) is 4.39 Å². The van der Waals surface area contributed by atoms with Gasteiger partial charge in [0, 0.05) is 21.8 Å². The Balaban J connectivity index is 2.24. The lowest BCUT2D eigenvalue weighted by molar-refractivity contribution is -0.387. The van der Waals surface area contributed by atoms with Crippen molar-refractivity contribution >= 4 is 33.2 Å². The second-order valence-electron chi connectivity index (χ2n) is 4.39. The first-order valence-electron chi connectivity index (χ1n) is 5.89. The first-order chi connectivity index (χ1) is 9.86. The van der Waals surface area contributed by atoms with Crippen molar-refractivity contribution in [3.05, 3.63) is 67.9 Å². The number of nitro groups is 1. The van der Waals surface area contributed by atoms with Crippen LogP contribution in [0.2, 0.25) is 0 Å². The minimum Gasteiger partial charge on any atom is -0.322 e. The van der Waals surface area contributed by atoms with Crippen molar-refractivity contribution in [2.75, 3.05) is 5.32 Å². The van der Waals surface area contributed by atoms with E-state index in [0.29, 0.717) is 5.69 Å². The molecule has 0 bridgehead atoms. The standard InChI is InChI=1S/C14H10BrFN2O3/c1-8-4-10(15)7-11(5-8)17-14(19)9-2-3-13(18(20)21)12(16)6-9/h2-7H,1H3,(H,17,19). The van der Waals surface area contributed by atoms with Gasteiger partial charge < -0.3 is 5.32 Å². The molecule has 1 N–H and O–H groups in total. The van der Waals surface area contributed by atoms with Gasteiger partial charge in [-0.25, -0.2) is 0 Å². The number of aryl methyl sites for hydroxylation is 1. The molecule has 0 atom stereocenters. The first-order valence-corrected chi connectivity index (χ1v) is 6.68. The van der Waals surface area contributed by atoms with Crippen molar-refractivity contribution in [1.82, 2.24) is 0 Å². The van der Waals surface area contributed by atoms with Gasteiger partial charge in [-0.05, 0) is 42.8 Å². The minimum absolute atomic E-state index is 0.00993. The second kappa shape index (κ2) is 6.01. The van der Waals surface area contributed by atoms with Crippen molar-refractivity contribution < 1.29 is 14.1 Å². The number of benzene rings is 2. The molecule has 0 saturated carbocycles. The number of nitrogens with zero attached hydrogens (tertiary/aromatic N) is 1. The highest BCUT2D eigenvalue weighted by molar-refractivity contribution is 9.10. The number of carbonyl (C=O) groups is 1. The Labute approximate surface area is 128 Å². The average Bonchev–Trinajstić information content (AvgIpc) is 2.36. The summed E-state index contributed by atoms with van der Waals surface area (Å²) in [6.45, 7) is 1.87. The molecule has 2 rings (SSSR count). The van der Waals surface area contributed by atoms with E-state index in [9.17, 15) is 19.3 Å². The molecule has 21 heavy (non-hydrogen) atoms. The topological polar surface area (TPSA) is 72.2 Å². The molecule has 7 heteroatoms. The monoisotopic (exact) mass is 352 g/mol. The molecule has 108 valence electrons. The molecule has 0 aliphatic rings. The second-order valence-corrected chi connectivity index (χ2v) is 5.31. The lowest BCUT2D eigenvalue weighted by Crippen LogP contribution is -2.12. The molecule has 5 nitrogen and oxygen atoms in total. The van der Waals surface area contributed by atoms with Gasteiger partial charge in [-0.15, -0.1) is 0 Å². The van der Waals surface area contributed by atoms with E-state index >= 15 is 0 Å². The van der Waals surface area contributed by atoms with E-state index in [2.05, 4.69) is 21.2 Å². The summed E-state index contributed by atoms with van der Waals surface area (Å²) in [5, 5.41) is 13.1. The zero-order valence-corrected chi connectivity index (χ0v) is 12.5. The fourth-order valence-corrected chi connectivity index (χ4v) is 2.42. The normalized spacial score (nSPS) is 10.2. The predicted octanol–water partition coefficient (Wildman–Crippen LogP) is 4.06. The van der Waals surface area contributed by atoms with Crippen LogP contribution in [0.15, 0.2) is 40.9 Å². The lowest BCUT2D eigenvalue weighted by Gasteiger charge is -2.07. The molecule has 1 amide bonds. The molecule has 2 aromatic rings. The van der Waals surface area contributed by atoms with E-state index in [0.717, 1.165) is 22.2 Å². The summed E-state index contributed by atoms with van der Waals surface area (Å²) in [5.41, 5.74) is 0.834. The highest BCUT2D eigenvalue weighted by Gasteiger charge is 2.16. The Morgan fingerprint density at radius 1 is 1.29 bits per heavy atom. The number of anilines is 1. The molecule has 0 heterocycles. The summed E-state index contributed by atoms with van der Waals surface area (Å²) < 4.78 is 14.3. The number of halogens is 2. The summed E-state index contributed by atoms with van der Waals surface area (Å²) in [5.74, 6) is -1.58. The third-order valence-corrected chi connectivity index (χ3v) is 3.16. The van der Waals surface area contributed by atoms with Crippen LogP contribution >= 0.6 is 15.9 Å². The van der Waals surface area contributed by atoms with Crippen LogP contribution in [-0.2, 0) is 0 Å². The van der Waals surface area contributed by atoms with E-state index in [1.54, 1.807) is 12.1 Å². The molecule has 0 aromatic heterocycles. The number of rotatable bonds is 3. The van der Waals surface area contributed by atoms with Crippen LogP contribution in [0.25, 0.3) is 0 Å². The van der Waals surface area contributed by atoms with Gasteiger partial charge in [0.25, 0.3) is 5.91 Å². The molecular weight excluding hydrogens is 343 g/mol. The predicted molar refractivity (Wildman–Crippen MR) is 79.9 cm³/mol. The third-order valence-electron chi connectivity index (χ3n) is 2.71. The van der Waals surface area contributed by atoms with E-state index in [4.69, 9.17) is 0 Å². The Bertz CT molecular complexity index is 714. The van der Waals surface area contributed by atoms with Crippen LogP contribution in [0, 0.1) is 22.9 Å². The smallest absolute Gasteiger partial charge is 0.304 e. The molecule has 0 fully saturated rings. The Hall–Kier alpha value is -2.28. The van der Waals surface area contributed by atoms with Crippen molar-refractivity contribution in [3.8, 4) is 0 Å². The largest absolute Gasteiger partial charge is 0.322 e. The molecular formula is C14H10BrFN2O3. The van der Waals surface area contributed by atoms with Crippen LogP contribution < -0.4 is 5.32 Å². The summed E-state index contributed by atoms with van der Waals surface area (Å²) in [6, 6.07) is 8.36. The Kier molecular flexibility index (Phi) is 4.32. The van der Waals surface area contributed by atoms with E-state index < -0.39 is 22.3 Å². The van der Waals surface area contributed by atoms with Gasteiger partial charge in [0.1, 0.15) is 0 Å².